The molecule has 4 nitrogen and oxygen atoms in total. The lowest BCUT2D eigenvalue weighted by Crippen LogP contribution is -2.29. The first-order chi connectivity index (χ1) is 6.74. The summed E-state index contributed by atoms with van der Waals surface area (Å²) in [4.78, 5) is 11.4. The number of halogens is 1. The molecule has 0 saturated heterocycles. The van der Waals surface area contributed by atoms with E-state index < -0.39 is 0 Å². The molecule has 0 bridgehead atoms. The molecule has 1 heterocycles. The molecule has 1 saturated carbocycles. The zero-order chi connectivity index (χ0) is 9.97. The van der Waals surface area contributed by atoms with E-state index in [4.69, 9.17) is 0 Å². The van der Waals surface area contributed by atoms with E-state index >= 15 is 0 Å². The molecular formula is C9H12BrN3O. The van der Waals surface area contributed by atoms with Gasteiger partial charge in [-0.2, -0.15) is 5.10 Å². The quantitative estimate of drug-likeness (QED) is 0.881. The number of nitrogens with zero attached hydrogens (tertiary/aromatic N) is 2. The summed E-state index contributed by atoms with van der Waals surface area (Å²) in [5.41, 5.74) is 0. The van der Waals surface area contributed by atoms with E-state index in [1.54, 1.807) is 17.1 Å². The van der Waals surface area contributed by atoms with Gasteiger partial charge in [0.15, 0.2) is 0 Å². The lowest BCUT2D eigenvalue weighted by molar-refractivity contribution is -0.121. The molecule has 0 aliphatic heterocycles. The highest BCUT2D eigenvalue weighted by Crippen LogP contribution is 2.27. The third-order valence-electron chi connectivity index (χ3n) is 2.19. The van der Waals surface area contributed by atoms with Crippen molar-refractivity contribution in [3.63, 3.8) is 0 Å². The monoisotopic (exact) mass is 257 g/mol. The fraction of sp³-hybridized carbons (Fsp3) is 0.556. The van der Waals surface area contributed by atoms with E-state index in [2.05, 4.69) is 26.3 Å². The fourth-order valence-electron chi connectivity index (χ4n) is 1.21. The Balaban J connectivity index is 1.75. The van der Waals surface area contributed by atoms with Gasteiger partial charge < -0.3 is 5.32 Å². The minimum Gasteiger partial charge on any atom is -0.354 e. The van der Waals surface area contributed by atoms with Crippen molar-refractivity contribution in [1.82, 2.24) is 15.1 Å². The number of hydrogen-bond donors (Lipinski definition) is 1. The van der Waals surface area contributed by atoms with Gasteiger partial charge in [0.25, 0.3) is 0 Å². The Morgan fingerprint density at radius 2 is 2.50 bits per heavy atom. The second-order valence-corrected chi connectivity index (χ2v) is 4.52. The Hall–Kier alpha value is -0.840. The van der Waals surface area contributed by atoms with Crippen LogP contribution in [0.25, 0.3) is 0 Å². The minimum absolute atomic E-state index is 0.0347. The first-order valence-electron chi connectivity index (χ1n) is 4.68. The molecule has 2 rings (SSSR count). The molecule has 76 valence electrons. The second kappa shape index (κ2) is 4.13. The highest BCUT2D eigenvalue weighted by molar-refractivity contribution is 9.10. The van der Waals surface area contributed by atoms with E-state index in [-0.39, 0.29) is 5.91 Å². The summed E-state index contributed by atoms with van der Waals surface area (Å²) in [5.74, 6) is 0.760. The highest BCUT2D eigenvalue weighted by atomic mass is 79.9. The molecule has 0 atom stereocenters. The van der Waals surface area contributed by atoms with Crippen LogP contribution in [0, 0.1) is 5.92 Å². The van der Waals surface area contributed by atoms with Crippen LogP contribution in [0.15, 0.2) is 16.9 Å². The van der Waals surface area contributed by atoms with E-state index in [0.717, 1.165) is 16.9 Å². The van der Waals surface area contributed by atoms with Gasteiger partial charge in [-0.1, -0.05) is 0 Å². The van der Waals surface area contributed by atoms with Gasteiger partial charge in [-0.25, -0.2) is 0 Å². The maximum absolute atomic E-state index is 11.4. The Labute approximate surface area is 90.8 Å². The summed E-state index contributed by atoms with van der Waals surface area (Å²) in [5, 5.41) is 6.89. The summed E-state index contributed by atoms with van der Waals surface area (Å²) < 4.78 is 2.51. The van der Waals surface area contributed by atoms with Gasteiger partial charge in [-0.05, 0) is 34.7 Å². The molecule has 0 radical (unpaired) electrons. The number of amides is 1. The van der Waals surface area contributed by atoms with Gasteiger partial charge in [-0.3, -0.25) is 9.48 Å². The van der Waals surface area contributed by atoms with Gasteiger partial charge >= 0.3 is 0 Å². The number of carbonyl (C=O) groups excluding carboxylic acids is 1. The molecule has 1 aromatic rings. The van der Waals surface area contributed by atoms with Crippen LogP contribution in [0.3, 0.4) is 0 Å². The molecular weight excluding hydrogens is 246 g/mol. The van der Waals surface area contributed by atoms with Crippen molar-refractivity contribution < 1.29 is 4.79 Å². The van der Waals surface area contributed by atoms with Crippen LogP contribution in [0.2, 0.25) is 0 Å². The summed E-state index contributed by atoms with van der Waals surface area (Å²) >= 11 is 3.28. The molecule has 0 spiro atoms. The van der Waals surface area contributed by atoms with Crippen molar-refractivity contribution >= 4 is 21.8 Å². The average molecular weight is 258 g/mol. The Morgan fingerprint density at radius 3 is 3.07 bits per heavy atom. The van der Waals surface area contributed by atoms with E-state index in [0.29, 0.717) is 6.54 Å². The van der Waals surface area contributed by atoms with Gasteiger partial charge in [0.1, 0.15) is 6.54 Å². The van der Waals surface area contributed by atoms with Crippen LogP contribution in [-0.4, -0.2) is 22.2 Å². The fourth-order valence-corrected chi connectivity index (χ4v) is 1.54. The minimum atomic E-state index is 0.0347. The standard InChI is InChI=1S/C9H12BrN3O/c10-8-4-12-13(5-8)6-9(14)11-3-7-1-2-7/h4-5,7H,1-3,6H2,(H,11,14). The largest absolute Gasteiger partial charge is 0.354 e. The van der Waals surface area contributed by atoms with E-state index in [1.807, 2.05) is 0 Å². The summed E-state index contributed by atoms with van der Waals surface area (Å²) in [6.45, 7) is 1.12. The first-order valence-corrected chi connectivity index (χ1v) is 5.48. The molecule has 1 aliphatic carbocycles. The topological polar surface area (TPSA) is 46.9 Å². The number of carbonyl (C=O) groups is 1. The SMILES string of the molecule is O=C(Cn1cc(Br)cn1)NCC1CC1. The van der Waals surface area contributed by atoms with Crippen molar-refractivity contribution in [2.45, 2.75) is 19.4 Å². The zero-order valence-corrected chi connectivity index (χ0v) is 9.33. The molecule has 1 amide bonds. The summed E-state index contributed by atoms with van der Waals surface area (Å²) in [6.07, 6.45) is 5.98. The Kier molecular flexibility index (Phi) is 2.86. The van der Waals surface area contributed by atoms with Crippen molar-refractivity contribution in [1.29, 1.82) is 0 Å². The Morgan fingerprint density at radius 1 is 1.71 bits per heavy atom. The van der Waals surface area contributed by atoms with Crippen molar-refractivity contribution in [2.75, 3.05) is 6.54 Å². The Bertz CT molecular complexity index is 333. The molecule has 1 N–H and O–H groups in total. The van der Waals surface area contributed by atoms with E-state index in [9.17, 15) is 4.79 Å². The third-order valence-corrected chi connectivity index (χ3v) is 2.60. The number of aromatic nitrogens is 2. The first kappa shape index (κ1) is 9.71. The van der Waals surface area contributed by atoms with E-state index in [1.165, 1.54) is 12.8 Å². The van der Waals surface area contributed by atoms with Crippen LogP contribution >= 0.6 is 15.9 Å². The van der Waals surface area contributed by atoms with Gasteiger partial charge in [0.2, 0.25) is 5.91 Å². The number of rotatable bonds is 4. The van der Waals surface area contributed by atoms with Crippen LogP contribution in [-0.2, 0) is 11.3 Å². The average Bonchev–Trinajstić information content (AvgIpc) is 2.88. The zero-order valence-electron chi connectivity index (χ0n) is 7.74. The lowest BCUT2D eigenvalue weighted by Gasteiger charge is -2.03. The molecule has 1 fully saturated rings. The van der Waals surface area contributed by atoms with Crippen molar-refractivity contribution in [3.8, 4) is 0 Å². The van der Waals surface area contributed by atoms with Crippen LogP contribution in [0.4, 0.5) is 0 Å². The van der Waals surface area contributed by atoms with Crippen molar-refractivity contribution in [2.24, 2.45) is 5.92 Å². The smallest absolute Gasteiger partial charge is 0.241 e. The maximum atomic E-state index is 11.4. The van der Waals surface area contributed by atoms with Crippen LogP contribution in [0.5, 0.6) is 0 Å². The van der Waals surface area contributed by atoms with Crippen LogP contribution in [0.1, 0.15) is 12.8 Å². The molecule has 0 unspecified atom stereocenters. The van der Waals surface area contributed by atoms with Gasteiger partial charge in [0.05, 0.1) is 10.7 Å². The molecule has 1 aliphatic rings. The molecule has 0 aromatic carbocycles. The van der Waals surface area contributed by atoms with Crippen molar-refractivity contribution in [3.05, 3.63) is 16.9 Å². The van der Waals surface area contributed by atoms with Gasteiger partial charge in [-0.15, -0.1) is 0 Å². The summed E-state index contributed by atoms with van der Waals surface area (Å²) in [6, 6.07) is 0. The van der Waals surface area contributed by atoms with Crippen LogP contribution < -0.4 is 5.32 Å². The lowest BCUT2D eigenvalue weighted by atomic mass is 10.4. The predicted octanol–water partition coefficient (Wildman–Crippen LogP) is 1.17. The predicted molar refractivity (Wildman–Crippen MR) is 55.7 cm³/mol. The molecule has 14 heavy (non-hydrogen) atoms. The maximum Gasteiger partial charge on any atom is 0.241 e. The normalized spacial score (nSPS) is 15.5. The second-order valence-electron chi connectivity index (χ2n) is 3.60. The molecule has 5 heteroatoms. The highest BCUT2D eigenvalue weighted by Gasteiger charge is 2.21. The number of nitrogens with one attached hydrogen (secondary N) is 1. The number of hydrogen-bond acceptors (Lipinski definition) is 2. The van der Waals surface area contributed by atoms with Gasteiger partial charge in [0, 0.05) is 12.7 Å². The third kappa shape index (κ3) is 2.83. The molecule has 1 aromatic heterocycles. The summed E-state index contributed by atoms with van der Waals surface area (Å²) in [7, 11) is 0.